The number of aliphatic hydroxyl groups is 2. The molecule has 0 fully saturated rings. The number of Topliss-reactive ketones (excluding diaryl/α,β-unsaturated/α-hetero) is 1. The number of phenols is 3. The van der Waals surface area contributed by atoms with Crippen LogP contribution in [0.15, 0.2) is 71.6 Å². The van der Waals surface area contributed by atoms with Crippen LogP contribution in [0, 0.1) is 30.6 Å². The van der Waals surface area contributed by atoms with E-state index in [1.807, 2.05) is 6.07 Å². The summed E-state index contributed by atoms with van der Waals surface area (Å²) < 4.78 is 23.6. The highest BCUT2D eigenvalue weighted by molar-refractivity contribution is 6.24. The highest BCUT2D eigenvalue weighted by Gasteiger charge is 2.50. The van der Waals surface area contributed by atoms with E-state index >= 15 is 0 Å². The minimum atomic E-state index is -2.06. The SMILES string of the molecule is COC1C=COC2(C)Oc3c(C)c(O)c4c(O)c(c(C=NN(C)c5ccccc5)c(O)c4c3C2=O)NC(=O)C(C)=CC=CC(C)C(O)C(C)C(O)C(C)C(OC(C)=O)C1C. The lowest BCUT2D eigenvalue weighted by molar-refractivity contribution is -0.160. The summed E-state index contributed by atoms with van der Waals surface area (Å²) in [5.41, 5.74) is 0.150. The number of anilines is 2. The summed E-state index contributed by atoms with van der Waals surface area (Å²) >= 11 is 0. The summed E-state index contributed by atoms with van der Waals surface area (Å²) in [4.78, 5) is 40.5. The van der Waals surface area contributed by atoms with Crippen molar-refractivity contribution in [2.45, 2.75) is 85.6 Å². The van der Waals surface area contributed by atoms with Crippen LogP contribution in [0.1, 0.15) is 70.0 Å². The highest BCUT2D eigenvalue weighted by atomic mass is 16.7. The van der Waals surface area contributed by atoms with Crippen molar-refractivity contribution < 1.29 is 58.9 Å². The number of benzene rings is 3. The predicted octanol–water partition coefficient (Wildman–Crippen LogP) is 6.22. The molecule has 15 heteroatoms. The van der Waals surface area contributed by atoms with Gasteiger partial charge in [0.2, 0.25) is 0 Å². The molecule has 0 saturated carbocycles. The number of carbonyl (C=O) groups is 3. The third-order valence-corrected chi connectivity index (χ3v) is 11.5. The number of aromatic hydroxyl groups is 3. The van der Waals surface area contributed by atoms with Gasteiger partial charge in [-0.2, -0.15) is 5.10 Å². The van der Waals surface area contributed by atoms with Crippen LogP contribution in [0.2, 0.25) is 0 Å². The molecule has 3 aromatic carbocycles. The number of ether oxygens (including phenoxy) is 4. The quantitative estimate of drug-likeness (QED) is 0.0554. The first-order valence-electron chi connectivity index (χ1n) is 19.7. The summed E-state index contributed by atoms with van der Waals surface area (Å²) in [6.07, 6.45) is 4.68. The summed E-state index contributed by atoms with van der Waals surface area (Å²) in [7, 11) is 3.08. The van der Waals surface area contributed by atoms with Gasteiger partial charge in [-0.05, 0) is 32.1 Å². The van der Waals surface area contributed by atoms with Crippen molar-refractivity contribution in [1.29, 1.82) is 0 Å². The molecule has 6 N–H and O–H groups in total. The first-order valence-corrected chi connectivity index (χ1v) is 19.7. The maximum absolute atomic E-state index is 14.4. The van der Waals surface area contributed by atoms with E-state index in [1.165, 1.54) is 64.4 Å². The second-order valence-electron chi connectivity index (χ2n) is 15.7. The Morgan fingerprint density at radius 1 is 0.933 bits per heavy atom. The maximum atomic E-state index is 14.4. The van der Waals surface area contributed by atoms with Gasteiger partial charge < -0.3 is 49.8 Å². The van der Waals surface area contributed by atoms with Gasteiger partial charge in [-0.25, -0.2) is 0 Å². The van der Waals surface area contributed by atoms with Crippen LogP contribution < -0.4 is 15.1 Å². The van der Waals surface area contributed by atoms with E-state index in [2.05, 4.69) is 10.4 Å². The zero-order valence-corrected chi connectivity index (χ0v) is 35.5. The molecule has 0 radical (unpaired) electrons. The van der Waals surface area contributed by atoms with Gasteiger partial charge in [0, 0.05) is 68.2 Å². The third-order valence-electron chi connectivity index (χ3n) is 11.5. The van der Waals surface area contributed by atoms with Crippen molar-refractivity contribution in [3.05, 3.63) is 83.2 Å². The number of nitrogens with zero attached hydrogens (tertiary/aromatic N) is 2. The number of rotatable bonds is 5. The van der Waals surface area contributed by atoms with Gasteiger partial charge in [0.05, 0.1) is 58.7 Å². The number of hydrogen-bond acceptors (Lipinski definition) is 14. The molecule has 15 nitrogen and oxygen atoms in total. The topological polar surface area (TPSA) is 217 Å². The number of allylic oxidation sites excluding steroid dienone is 2. The van der Waals surface area contributed by atoms with E-state index in [0.717, 1.165) is 0 Å². The van der Waals surface area contributed by atoms with Crippen LogP contribution in [0.5, 0.6) is 23.0 Å². The molecule has 1 amide bonds. The molecular formula is C45H55N3O12. The van der Waals surface area contributed by atoms with Crippen LogP contribution in [0.25, 0.3) is 10.8 Å². The molecule has 9 unspecified atom stereocenters. The highest BCUT2D eigenvalue weighted by Crippen LogP contribution is 2.55. The molecule has 0 spiro atoms. The second-order valence-corrected chi connectivity index (χ2v) is 15.7. The first kappa shape index (κ1) is 45.2. The third kappa shape index (κ3) is 8.69. The number of phenolic OH excluding ortho intramolecular Hbond substituents is 3. The van der Waals surface area contributed by atoms with E-state index in [9.17, 15) is 39.9 Å². The molecule has 0 saturated heterocycles. The Balaban J connectivity index is 1.73. The van der Waals surface area contributed by atoms with Crippen molar-refractivity contribution in [3.8, 4) is 23.0 Å². The fourth-order valence-electron chi connectivity index (χ4n) is 7.73. The average molecular weight is 830 g/mol. The molecule has 9 atom stereocenters. The standard InChI is InChI=1S/C45H55N3O12/c1-22-15-14-16-23(2)44(56)47-35-30(21-46-48(9)29-17-12-11-13-18-29)39(53)32-33(40(35)54)38(52)27(6)42-34(32)43(55)45(8,60-42)58-20-19-31(57-10)24(3)41(59-28(7)49)26(5)37(51)25(4)36(22)50/h11-22,24-26,31,36-37,41,50-54H,1-10H3,(H,47,56). The number of hydrazone groups is 1. The minimum Gasteiger partial charge on any atom is -0.507 e. The molecule has 322 valence electrons. The fraction of sp³-hybridized carbons (Fsp3) is 0.422. The van der Waals surface area contributed by atoms with Crippen molar-refractivity contribution in [1.82, 2.24) is 0 Å². The van der Waals surface area contributed by atoms with Gasteiger partial charge in [-0.1, -0.05) is 64.1 Å². The van der Waals surface area contributed by atoms with Crippen molar-refractivity contribution in [2.24, 2.45) is 28.8 Å². The molecule has 5 bridgehead atoms. The molecule has 3 aliphatic heterocycles. The zero-order chi connectivity index (χ0) is 44.4. The van der Waals surface area contributed by atoms with Crippen molar-refractivity contribution in [2.75, 3.05) is 24.5 Å². The van der Waals surface area contributed by atoms with Crippen LogP contribution in [-0.2, 0) is 23.8 Å². The Kier molecular flexibility index (Phi) is 13.7. The number of carbonyl (C=O) groups excluding carboxylic acids is 3. The predicted molar refractivity (Wildman–Crippen MR) is 226 cm³/mol. The number of para-hydroxylation sites is 1. The number of esters is 1. The summed E-state index contributed by atoms with van der Waals surface area (Å²) in [5, 5.41) is 66.5. The lowest BCUT2D eigenvalue weighted by Crippen LogP contribution is -2.46. The van der Waals surface area contributed by atoms with Crippen molar-refractivity contribution in [3.63, 3.8) is 0 Å². The number of nitrogens with one attached hydrogen (secondary N) is 1. The summed E-state index contributed by atoms with van der Waals surface area (Å²) in [5.74, 6) is -8.57. The Morgan fingerprint density at radius 3 is 2.23 bits per heavy atom. The fourth-order valence-corrected chi connectivity index (χ4v) is 7.73. The molecule has 3 heterocycles. The van der Waals surface area contributed by atoms with Crippen LogP contribution in [0.4, 0.5) is 11.4 Å². The Morgan fingerprint density at radius 2 is 1.60 bits per heavy atom. The molecule has 0 aromatic heterocycles. The summed E-state index contributed by atoms with van der Waals surface area (Å²) in [6.45, 7) is 12.5. The van der Waals surface area contributed by atoms with Crippen LogP contribution in [0.3, 0.4) is 0 Å². The van der Waals surface area contributed by atoms with Gasteiger partial charge in [0.15, 0.2) is 5.75 Å². The molecule has 3 aliphatic rings. The minimum absolute atomic E-state index is 0.0387. The molecule has 6 rings (SSSR count). The number of methoxy groups -OCH3 is 1. The van der Waals surface area contributed by atoms with E-state index in [4.69, 9.17) is 18.9 Å². The number of fused-ring (bicyclic) bond motifs is 14. The number of amides is 1. The Bertz CT molecular complexity index is 2250. The van der Waals surface area contributed by atoms with Gasteiger partial charge in [-0.15, -0.1) is 0 Å². The monoisotopic (exact) mass is 829 g/mol. The maximum Gasteiger partial charge on any atom is 0.312 e. The van der Waals surface area contributed by atoms with Crippen LogP contribution >= 0.6 is 0 Å². The Labute approximate surface area is 349 Å². The lowest BCUT2D eigenvalue weighted by atomic mass is 9.78. The first-order chi connectivity index (χ1) is 28.2. The van der Waals surface area contributed by atoms with Crippen molar-refractivity contribution >= 4 is 46.0 Å². The zero-order valence-electron chi connectivity index (χ0n) is 35.5. The van der Waals surface area contributed by atoms with Gasteiger partial charge >= 0.3 is 11.8 Å². The molecular weight excluding hydrogens is 775 g/mol. The number of ketones is 1. The molecule has 0 aliphatic carbocycles. The molecule has 60 heavy (non-hydrogen) atoms. The van der Waals surface area contributed by atoms with Gasteiger partial charge in [0.25, 0.3) is 11.7 Å². The van der Waals surface area contributed by atoms with E-state index < -0.39 is 88.8 Å². The van der Waals surface area contributed by atoms with Gasteiger partial charge in [0.1, 0.15) is 23.4 Å². The van der Waals surface area contributed by atoms with E-state index in [1.54, 1.807) is 71.2 Å². The second kappa shape index (κ2) is 18.2. The number of hydrogen-bond donors (Lipinski definition) is 6. The average Bonchev–Trinajstić information content (AvgIpc) is 3.49. The van der Waals surface area contributed by atoms with E-state index in [-0.39, 0.29) is 44.5 Å². The largest absolute Gasteiger partial charge is 0.507 e. The van der Waals surface area contributed by atoms with Gasteiger partial charge in [-0.3, -0.25) is 19.4 Å². The Hall–Kier alpha value is -5.90. The lowest BCUT2D eigenvalue weighted by Gasteiger charge is -2.38. The molecule has 3 aromatic rings. The summed E-state index contributed by atoms with van der Waals surface area (Å²) in [6, 6.07) is 9.03. The van der Waals surface area contributed by atoms with E-state index in [0.29, 0.717) is 5.69 Å². The number of aliphatic hydroxyl groups excluding tert-OH is 2. The van der Waals surface area contributed by atoms with Crippen LogP contribution in [-0.4, -0.2) is 93.8 Å². The smallest absolute Gasteiger partial charge is 0.312 e. The normalized spacial score (nSPS) is 27.8.